The standard InChI is InChI=1S/C15H28N2O/c1-15(2)9-5-8-12(15)14(18)17-13(10-16)11-6-3-4-7-11/h11-13H,3-10,16H2,1-2H3,(H,17,18). The summed E-state index contributed by atoms with van der Waals surface area (Å²) in [7, 11) is 0. The van der Waals surface area contributed by atoms with Crippen LogP contribution in [0.15, 0.2) is 0 Å². The monoisotopic (exact) mass is 252 g/mol. The van der Waals surface area contributed by atoms with Crippen LogP contribution in [0.2, 0.25) is 0 Å². The summed E-state index contributed by atoms with van der Waals surface area (Å²) in [6.07, 6.45) is 8.45. The Bertz CT molecular complexity index is 295. The van der Waals surface area contributed by atoms with Gasteiger partial charge < -0.3 is 11.1 Å². The molecule has 3 nitrogen and oxygen atoms in total. The molecule has 2 unspecified atom stereocenters. The Hall–Kier alpha value is -0.570. The van der Waals surface area contributed by atoms with Crippen molar-refractivity contribution in [1.82, 2.24) is 5.32 Å². The van der Waals surface area contributed by atoms with E-state index >= 15 is 0 Å². The molecule has 2 rings (SSSR count). The van der Waals surface area contributed by atoms with Gasteiger partial charge in [0.2, 0.25) is 5.91 Å². The zero-order valence-electron chi connectivity index (χ0n) is 11.9. The molecule has 0 bridgehead atoms. The van der Waals surface area contributed by atoms with Crippen molar-refractivity contribution in [2.45, 2.75) is 64.8 Å². The smallest absolute Gasteiger partial charge is 0.223 e. The fourth-order valence-corrected chi connectivity index (χ4v) is 3.83. The first-order chi connectivity index (χ1) is 8.54. The minimum absolute atomic E-state index is 0.166. The van der Waals surface area contributed by atoms with Crippen LogP contribution in [0.5, 0.6) is 0 Å². The third kappa shape index (κ3) is 2.87. The number of hydrogen-bond donors (Lipinski definition) is 2. The van der Waals surface area contributed by atoms with Crippen molar-refractivity contribution < 1.29 is 4.79 Å². The van der Waals surface area contributed by atoms with Crippen molar-refractivity contribution >= 4 is 5.91 Å². The quantitative estimate of drug-likeness (QED) is 0.807. The summed E-state index contributed by atoms with van der Waals surface area (Å²) in [4.78, 5) is 12.4. The number of nitrogens with two attached hydrogens (primary N) is 1. The Morgan fingerprint density at radius 1 is 1.28 bits per heavy atom. The lowest BCUT2D eigenvalue weighted by Gasteiger charge is -2.30. The SMILES string of the molecule is CC1(C)CCCC1C(=O)NC(CN)C1CCCC1. The molecule has 3 N–H and O–H groups in total. The van der Waals surface area contributed by atoms with Gasteiger partial charge in [-0.1, -0.05) is 33.1 Å². The molecule has 2 atom stereocenters. The van der Waals surface area contributed by atoms with E-state index in [2.05, 4.69) is 19.2 Å². The van der Waals surface area contributed by atoms with Crippen molar-refractivity contribution in [2.24, 2.45) is 23.0 Å². The Labute approximate surface area is 111 Å². The molecule has 1 amide bonds. The zero-order chi connectivity index (χ0) is 13.2. The van der Waals surface area contributed by atoms with Crippen LogP contribution in [0.1, 0.15) is 58.8 Å². The average Bonchev–Trinajstić information content (AvgIpc) is 2.94. The number of hydrogen-bond acceptors (Lipinski definition) is 2. The number of carbonyl (C=O) groups excluding carboxylic acids is 1. The van der Waals surface area contributed by atoms with E-state index in [-0.39, 0.29) is 23.3 Å². The lowest BCUT2D eigenvalue weighted by molar-refractivity contribution is -0.128. The van der Waals surface area contributed by atoms with Crippen LogP contribution in [0, 0.1) is 17.3 Å². The highest BCUT2D eigenvalue weighted by atomic mass is 16.2. The molecule has 2 saturated carbocycles. The number of carbonyl (C=O) groups is 1. The molecule has 0 spiro atoms. The van der Waals surface area contributed by atoms with E-state index < -0.39 is 0 Å². The highest BCUT2D eigenvalue weighted by Crippen LogP contribution is 2.42. The predicted octanol–water partition coefficient (Wildman–Crippen LogP) is 2.45. The predicted molar refractivity (Wildman–Crippen MR) is 74.1 cm³/mol. The zero-order valence-corrected chi connectivity index (χ0v) is 11.9. The molecule has 2 aliphatic rings. The normalized spacial score (nSPS) is 29.4. The second kappa shape index (κ2) is 5.60. The summed E-state index contributed by atoms with van der Waals surface area (Å²) >= 11 is 0. The summed E-state index contributed by atoms with van der Waals surface area (Å²) in [5.41, 5.74) is 6.02. The second-order valence-corrected chi connectivity index (χ2v) is 6.83. The molecule has 0 aliphatic heterocycles. The van der Waals surface area contributed by atoms with Crippen molar-refractivity contribution in [3.63, 3.8) is 0 Å². The molecule has 2 aliphatic carbocycles. The molecular formula is C15H28N2O. The van der Waals surface area contributed by atoms with Crippen molar-refractivity contribution in [3.8, 4) is 0 Å². The van der Waals surface area contributed by atoms with Crippen LogP contribution in [-0.2, 0) is 4.79 Å². The van der Waals surface area contributed by atoms with Crippen LogP contribution in [0.4, 0.5) is 0 Å². The minimum atomic E-state index is 0.166. The van der Waals surface area contributed by atoms with E-state index in [1.807, 2.05) is 0 Å². The molecular weight excluding hydrogens is 224 g/mol. The molecule has 18 heavy (non-hydrogen) atoms. The first-order valence-corrected chi connectivity index (χ1v) is 7.55. The molecule has 0 aromatic carbocycles. The third-order valence-electron chi connectivity index (χ3n) is 5.12. The van der Waals surface area contributed by atoms with Gasteiger partial charge in [0.05, 0.1) is 0 Å². The molecule has 0 aromatic heterocycles. The Morgan fingerprint density at radius 2 is 1.94 bits per heavy atom. The third-order valence-corrected chi connectivity index (χ3v) is 5.12. The molecule has 0 saturated heterocycles. The molecule has 104 valence electrons. The molecule has 0 aromatic rings. The fraction of sp³-hybridized carbons (Fsp3) is 0.933. The largest absolute Gasteiger partial charge is 0.352 e. The summed E-state index contributed by atoms with van der Waals surface area (Å²) in [6.45, 7) is 5.03. The maximum atomic E-state index is 12.4. The number of nitrogens with one attached hydrogen (secondary N) is 1. The van der Waals surface area contributed by atoms with Gasteiger partial charge in [0, 0.05) is 18.5 Å². The van der Waals surface area contributed by atoms with E-state index in [1.165, 1.54) is 38.5 Å². The fourth-order valence-electron chi connectivity index (χ4n) is 3.83. The maximum absolute atomic E-state index is 12.4. The van der Waals surface area contributed by atoms with Crippen LogP contribution in [-0.4, -0.2) is 18.5 Å². The van der Waals surface area contributed by atoms with Crippen LogP contribution < -0.4 is 11.1 Å². The van der Waals surface area contributed by atoms with E-state index in [4.69, 9.17) is 5.73 Å². The van der Waals surface area contributed by atoms with E-state index in [0.717, 1.165) is 6.42 Å². The highest BCUT2D eigenvalue weighted by Gasteiger charge is 2.40. The van der Waals surface area contributed by atoms with Gasteiger partial charge in [-0.3, -0.25) is 4.79 Å². The molecule has 2 fully saturated rings. The van der Waals surface area contributed by atoms with Gasteiger partial charge in [0.1, 0.15) is 0 Å². The highest BCUT2D eigenvalue weighted by molar-refractivity contribution is 5.80. The Kier molecular flexibility index (Phi) is 4.31. The minimum Gasteiger partial charge on any atom is -0.352 e. The summed E-state index contributed by atoms with van der Waals surface area (Å²) < 4.78 is 0. The van der Waals surface area contributed by atoms with Gasteiger partial charge in [0.15, 0.2) is 0 Å². The maximum Gasteiger partial charge on any atom is 0.223 e. The Balaban J connectivity index is 1.92. The van der Waals surface area contributed by atoms with Crippen LogP contribution in [0.3, 0.4) is 0 Å². The topological polar surface area (TPSA) is 55.1 Å². The summed E-state index contributed by atoms with van der Waals surface area (Å²) in [5, 5.41) is 3.24. The van der Waals surface area contributed by atoms with Gasteiger partial charge in [-0.15, -0.1) is 0 Å². The molecule has 3 heteroatoms. The summed E-state index contributed by atoms with van der Waals surface area (Å²) in [5.74, 6) is 1.05. The van der Waals surface area contributed by atoms with Gasteiger partial charge >= 0.3 is 0 Å². The first-order valence-electron chi connectivity index (χ1n) is 7.55. The lowest BCUT2D eigenvalue weighted by atomic mass is 9.81. The number of amides is 1. The van der Waals surface area contributed by atoms with E-state index in [9.17, 15) is 4.79 Å². The van der Waals surface area contributed by atoms with Gasteiger partial charge in [-0.2, -0.15) is 0 Å². The Morgan fingerprint density at radius 3 is 2.44 bits per heavy atom. The van der Waals surface area contributed by atoms with Gasteiger partial charge in [-0.05, 0) is 37.0 Å². The lowest BCUT2D eigenvalue weighted by Crippen LogP contribution is -2.48. The second-order valence-electron chi connectivity index (χ2n) is 6.83. The van der Waals surface area contributed by atoms with Crippen LogP contribution in [0.25, 0.3) is 0 Å². The van der Waals surface area contributed by atoms with Crippen molar-refractivity contribution in [2.75, 3.05) is 6.54 Å². The van der Waals surface area contributed by atoms with E-state index in [0.29, 0.717) is 12.5 Å². The molecule has 0 heterocycles. The van der Waals surface area contributed by atoms with Crippen molar-refractivity contribution in [3.05, 3.63) is 0 Å². The number of rotatable bonds is 4. The summed E-state index contributed by atoms with van der Waals surface area (Å²) in [6, 6.07) is 0.205. The van der Waals surface area contributed by atoms with Crippen LogP contribution >= 0.6 is 0 Å². The molecule has 0 radical (unpaired) electrons. The van der Waals surface area contributed by atoms with Crippen molar-refractivity contribution in [1.29, 1.82) is 0 Å². The average molecular weight is 252 g/mol. The first kappa shape index (κ1) is 13.9. The van der Waals surface area contributed by atoms with Gasteiger partial charge in [-0.25, -0.2) is 0 Å². The van der Waals surface area contributed by atoms with Gasteiger partial charge in [0.25, 0.3) is 0 Å². The van der Waals surface area contributed by atoms with E-state index in [1.54, 1.807) is 0 Å².